The lowest BCUT2D eigenvalue weighted by atomic mass is 10.1. The van der Waals surface area contributed by atoms with Gasteiger partial charge in [0, 0.05) is 6.42 Å². The predicted octanol–water partition coefficient (Wildman–Crippen LogP) is 6.46. The van der Waals surface area contributed by atoms with Crippen molar-refractivity contribution in [2.24, 2.45) is 0 Å². The standard InChI is InChI=1S/C22H32O3/c23-22(24)19-17-15-13-11-9-7-5-3-1-2-4-6-8-10-12-14-16-18-21-20-25-21/h4,6,8,10,12,14,16,18,20H,1-3,5,7,9,11,13,15,17,19H2,(H,23,24)/b6-4+,10-8+,14-12+,18-16+. The third-order valence-electron chi connectivity index (χ3n) is 3.97. The van der Waals surface area contributed by atoms with E-state index in [2.05, 4.69) is 18.2 Å². The summed E-state index contributed by atoms with van der Waals surface area (Å²) in [6.45, 7) is 0. The Bertz CT molecular complexity index is 495. The fraction of sp³-hybridized carbons (Fsp3) is 0.500. The molecule has 0 atom stereocenters. The molecule has 0 aliphatic carbocycles. The van der Waals surface area contributed by atoms with E-state index in [0.717, 1.165) is 25.0 Å². The number of hydrogen-bond donors (Lipinski definition) is 1. The fourth-order valence-corrected chi connectivity index (χ4v) is 2.47. The van der Waals surface area contributed by atoms with Crippen LogP contribution in [0.3, 0.4) is 0 Å². The minimum absolute atomic E-state index is 0.323. The number of carbonyl (C=O) groups is 1. The van der Waals surface area contributed by atoms with E-state index in [-0.39, 0.29) is 0 Å². The molecule has 3 heteroatoms. The monoisotopic (exact) mass is 344 g/mol. The van der Waals surface area contributed by atoms with E-state index in [4.69, 9.17) is 9.84 Å². The van der Waals surface area contributed by atoms with Crippen LogP contribution in [0, 0.1) is 0 Å². The molecule has 0 saturated heterocycles. The van der Waals surface area contributed by atoms with Gasteiger partial charge >= 0.3 is 5.97 Å². The summed E-state index contributed by atoms with van der Waals surface area (Å²) in [6, 6.07) is 0. The van der Waals surface area contributed by atoms with Crippen molar-refractivity contribution >= 4 is 5.97 Å². The summed E-state index contributed by atoms with van der Waals surface area (Å²) >= 11 is 0. The van der Waals surface area contributed by atoms with Gasteiger partial charge in [0.15, 0.2) is 5.76 Å². The molecule has 1 rings (SSSR count). The Hall–Kier alpha value is -2.03. The average molecular weight is 344 g/mol. The number of carboxylic acids is 1. The quantitative estimate of drug-likeness (QED) is 0.258. The lowest BCUT2D eigenvalue weighted by Gasteiger charge is -2.01. The van der Waals surface area contributed by atoms with Gasteiger partial charge < -0.3 is 9.84 Å². The molecule has 0 unspecified atom stereocenters. The Kier molecular flexibility index (Phi) is 13.0. The minimum Gasteiger partial charge on any atom is -0.481 e. The number of hydrogen-bond acceptors (Lipinski definition) is 2. The highest BCUT2D eigenvalue weighted by atomic mass is 16.5. The first-order chi connectivity index (χ1) is 12.3. The molecule has 3 nitrogen and oxygen atoms in total. The topological polar surface area (TPSA) is 49.8 Å². The summed E-state index contributed by atoms with van der Waals surface area (Å²) in [5.74, 6) is 0.264. The van der Waals surface area contributed by atoms with Crippen LogP contribution in [-0.4, -0.2) is 11.1 Å². The lowest BCUT2D eigenvalue weighted by molar-refractivity contribution is -0.137. The molecule has 1 aliphatic rings. The smallest absolute Gasteiger partial charge is 0.303 e. The zero-order valence-electron chi connectivity index (χ0n) is 15.2. The normalized spacial score (nSPS) is 14.0. The van der Waals surface area contributed by atoms with Gasteiger partial charge in [-0.2, -0.15) is 0 Å². The maximum atomic E-state index is 10.4. The van der Waals surface area contributed by atoms with Crippen molar-refractivity contribution in [1.82, 2.24) is 0 Å². The Labute approximate surface area is 152 Å². The first kappa shape index (κ1) is 21.0. The Balaban J connectivity index is 1.78. The van der Waals surface area contributed by atoms with Crippen LogP contribution < -0.4 is 0 Å². The van der Waals surface area contributed by atoms with Gasteiger partial charge in [0.2, 0.25) is 0 Å². The van der Waals surface area contributed by atoms with Crippen LogP contribution in [-0.2, 0) is 9.53 Å². The average Bonchev–Trinajstić information content (AvgIpc) is 3.41. The molecule has 0 fully saturated rings. The molecular weight excluding hydrogens is 312 g/mol. The number of rotatable bonds is 16. The number of carboxylic acid groups (broad SMARTS) is 1. The van der Waals surface area contributed by atoms with Crippen LogP contribution in [0.1, 0.15) is 70.6 Å². The van der Waals surface area contributed by atoms with Crippen molar-refractivity contribution < 1.29 is 14.6 Å². The van der Waals surface area contributed by atoms with Crippen molar-refractivity contribution in [1.29, 1.82) is 0 Å². The predicted molar refractivity (Wildman–Crippen MR) is 104 cm³/mol. The third kappa shape index (κ3) is 16.6. The maximum absolute atomic E-state index is 10.4. The van der Waals surface area contributed by atoms with Crippen LogP contribution in [0.4, 0.5) is 0 Å². The van der Waals surface area contributed by atoms with Gasteiger partial charge in [-0.25, -0.2) is 0 Å². The first-order valence-corrected chi connectivity index (χ1v) is 9.54. The molecule has 1 N–H and O–H groups in total. The van der Waals surface area contributed by atoms with E-state index in [9.17, 15) is 4.79 Å². The second-order valence-electron chi connectivity index (χ2n) is 6.31. The van der Waals surface area contributed by atoms with E-state index >= 15 is 0 Å². The molecule has 0 aromatic heterocycles. The summed E-state index contributed by atoms with van der Waals surface area (Å²) in [5, 5.41) is 8.55. The van der Waals surface area contributed by atoms with Crippen molar-refractivity contribution in [3.8, 4) is 0 Å². The SMILES string of the molecule is O=C(O)CCCCCCCCCCC/C=C/C=C/C=C/C=C/C1=CO1. The summed E-state index contributed by atoms with van der Waals surface area (Å²) < 4.78 is 4.87. The van der Waals surface area contributed by atoms with E-state index in [1.807, 2.05) is 30.4 Å². The lowest BCUT2D eigenvalue weighted by Crippen LogP contribution is -1.93. The molecule has 1 aliphatic heterocycles. The first-order valence-electron chi connectivity index (χ1n) is 9.54. The highest BCUT2D eigenvalue weighted by molar-refractivity contribution is 5.66. The molecule has 0 amide bonds. The highest BCUT2D eigenvalue weighted by Gasteiger charge is 2.01. The van der Waals surface area contributed by atoms with Crippen LogP contribution >= 0.6 is 0 Å². The van der Waals surface area contributed by atoms with E-state index in [1.54, 1.807) is 6.26 Å². The highest BCUT2D eigenvalue weighted by Crippen LogP contribution is 2.13. The molecule has 138 valence electrons. The second kappa shape index (κ2) is 15.5. The fourth-order valence-electron chi connectivity index (χ4n) is 2.47. The van der Waals surface area contributed by atoms with Crippen LogP contribution in [0.25, 0.3) is 0 Å². The number of unbranched alkanes of at least 4 members (excludes halogenated alkanes) is 9. The van der Waals surface area contributed by atoms with Gasteiger partial charge in [-0.15, -0.1) is 0 Å². The van der Waals surface area contributed by atoms with E-state index in [0.29, 0.717) is 6.42 Å². The number of ether oxygens (including phenoxy) is 1. The Morgan fingerprint density at radius 2 is 1.32 bits per heavy atom. The molecule has 0 aromatic rings. The zero-order chi connectivity index (χ0) is 18.0. The maximum Gasteiger partial charge on any atom is 0.303 e. The molecule has 0 radical (unpaired) electrons. The molecule has 1 heterocycles. The Morgan fingerprint density at radius 1 is 0.800 bits per heavy atom. The summed E-state index contributed by atoms with van der Waals surface area (Å²) in [7, 11) is 0. The van der Waals surface area contributed by atoms with Gasteiger partial charge in [-0.3, -0.25) is 4.79 Å². The summed E-state index contributed by atoms with van der Waals surface area (Å²) in [6.07, 6.45) is 30.3. The molecule has 0 aromatic carbocycles. The minimum atomic E-state index is -0.671. The van der Waals surface area contributed by atoms with Crippen molar-refractivity contribution in [2.45, 2.75) is 70.6 Å². The van der Waals surface area contributed by atoms with Crippen LogP contribution in [0.5, 0.6) is 0 Å². The molecule has 0 spiro atoms. The van der Waals surface area contributed by atoms with Crippen molar-refractivity contribution in [3.05, 3.63) is 60.6 Å². The van der Waals surface area contributed by atoms with Gasteiger partial charge in [-0.1, -0.05) is 87.5 Å². The van der Waals surface area contributed by atoms with Crippen molar-refractivity contribution in [2.75, 3.05) is 0 Å². The van der Waals surface area contributed by atoms with E-state index < -0.39 is 5.97 Å². The van der Waals surface area contributed by atoms with Gasteiger partial charge in [-0.05, 0) is 25.3 Å². The Morgan fingerprint density at radius 3 is 1.92 bits per heavy atom. The van der Waals surface area contributed by atoms with Gasteiger partial charge in [0.1, 0.15) is 6.26 Å². The largest absolute Gasteiger partial charge is 0.481 e. The van der Waals surface area contributed by atoms with Gasteiger partial charge in [0.05, 0.1) is 0 Å². The number of allylic oxidation sites excluding steroid dienone is 8. The summed E-state index contributed by atoms with van der Waals surface area (Å²) in [4.78, 5) is 10.4. The zero-order valence-corrected chi connectivity index (χ0v) is 15.2. The van der Waals surface area contributed by atoms with Crippen LogP contribution in [0.2, 0.25) is 0 Å². The second-order valence-corrected chi connectivity index (χ2v) is 6.31. The van der Waals surface area contributed by atoms with Crippen LogP contribution in [0.15, 0.2) is 60.6 Å². The molecule has 0 saturated carbocycles. The third-order valence-corrected chi connectivity index (χ3v) is 3.97. The van der Waals surface area contributed by atoms with Crippen molar-refractivity contribution in [3.63, 3.8) is 0 Å². The number of aliphatic carboxylic acids is 1. The molecule has 0 bridgehead atoms. The summed E-state index contributed by atoms with van der Waals surface area (Å²) in [5.41, 5.74) is 0. The van der Waals surface area contributed by atoms with E-state index in [1.165, 1.54) is 44.9 Å². The molecule has 25 heavy (non-hydrogen) atoms. The van der Waals surface area contributed by atoms with Gasteiger partial charge in [0.25, 0.3) is 0 Å². The molecular formula is C22H32O3.